The van der Waals surface area contributed by atoms with Crippen LogP contribution in [0, 0.1) is 13.8 Å². The minimum Gasteiger partial charge on any atom is -0.496 e. The molecule has 1 fully saturated rings. The third-order valence-corrected chi connectivity index (χ3v) is 8.27. The minimum atomic E-state index is -0.278. The lowest BCUT2D eigenvalue weighted by Crippen LogP contribution is -2.47. The van der Waals surface area contributed by atoms with Gasteiger partial charge < -0.3 is 30.1 Å². The fraction of sp³-hybridized carbons (Fsp3) is 0.387. The van der Waals surface area contributed by atoms with Crippen LogP contribution < -0.4 is 21.3 Å². The Balaban J connectivity index is 1.56. The van der Waals surface area contributed by atoms with Crippen LogP contribution in [0.2, 0.25) is 0 Å². The molecule has 0 aromatic carbocycles. The molecule has 0 aliphatic carbocycles. The Hall–Kier alpha value is -4.15. The van der Waals surface area contributed by atoms with Crippen molar-refractivity contribution in [3.8, 4) is 16.9 Å². The number of aromatic amines is 1. The average molecular weight is 558 g/mol. The molecule has 1 amide bonds. The van der Waals surface area contributed by atoms with E-state index in [1.165, 1.54) is 7.11 Å². The first-order valence-electron chi connectivity index (χ1n) is 14.1. The number of piperazine rings is 1. The van der Waals surface area contributed by atoms with Crippen LogP contribution in [-0.2, 0) is 6.54 Å². The molecular weight excluding hydrogens is 518 g/mol. The number of carbonyl (C=O) groups is 1. The summed E-state index contributed by atoms with van der Waals surface area (Å²) in [6.45, 7) is 13.3. The Labute approximate surface area is 240 Å². The highest BCUT2D eigenvalue weighted by molar-refractivity contribution is 5.98. The topological polar surface area (TPSA) is 121 Å². The molecule has 1 aliphatic rings. The standard InChI is InChI=1S/C31H39N7O3/c1-6-36-11-13-37(14-12-36)21(4)29-20(3)24(30(39)34-18-25-27(41-5)15-19(2)35-31(25)40)16-26-23(9-10-38(26)29)22-7-8-28(32)33-17-22/h7-10,15-17,21H,6,11-14,18H2,1-5H3,(H2,32,33)(H,34,39)(H,35,40). The third kappa shape index (κ3) is 5.57. The number of amides is 1. The van der Waals surface area contributed by atoms with Crippen molar-refractivity contribution in [1.82, 2.24) is 29.5 Å². The molecule has 0 bridgehead atoms. The van der Waals surface area contributed by atoms with Gasteiger partial charge in [0, 0.05) is 72.7 Å². The summed E-state index contributed by atoms with van der Waals surface area (Å²) < 4.78 is 7.62. The summed E-state index contributed by atoms with van der Waals surface area (Å²) in [5.41, 5.74) is 12.0. The lowest BCUT2D eigenvalue weighted by Gasteiger charge is -2.38. The van der Waals surface area contributed by atoms with Gasteiger partial charge in [0.15, 0.2) is 0 Å². The lowest BCUT2D eigenvalue weighted by atomic mass is 9.99. The Morgan fingerprint density at radius 1 is 1.17 bits per heavy atom. The van der Waals surface area contributed by atoms with Crippen molar-refractivity contribution >= 4 is 17.2 Å². The summed E-state index contributed by atoms with van der Waals surface area (Å²) in [5, 5.41) is 2.98. The third-order valence-electron chi connectivity index (χ3n) is 8.27. The Morgan fingerprint density at radius 3 is 2.59 bits per heavy atom. The number of fused-ring (bicyclic) bond motifs is 1. The Bertz CT molecular complexity index is 1620. The molecule has 10 heteroatoms. The van der Waals surface area contributed by atoms with Crippen LogP contribution in [0.4, 0.5) is 5.82 Å². The number of aromatic nitrogens is 3. The number of nitrogens with two attached hydrogens (primary N) is 1. The van der Waals surface area contributed by atoms with E-state index >= 15 is 0 Å². The fourth-order valence-corrected chi connectivity index (χ4v) is 5.86. The van der Waals surface area contributed by atoms with E-state index in [-0.39, 0.29) is 24.1 Å². The molecule has 4 aromatic heterocycles. The number of pyridine rings is 3. The molecule has 5 rings (SSSR count). The van der Waals surface area contributed by atoms with E-state index in [1.807, 2.05) is 19.1 Å². The molecule has 1 aliphatic heterocycles. The molecule has 216 valence electrons. The fourth-order valence-electron chi connectivity index (χ4n) is 5.86. The van der Waals surface area contributed by atoms with Crippen molar-refractivity contribution in [3.63, 3.8) is 0 Å². The van der Waals surface area contributed by atoms with Crippen molar-refractivity contribution in [2.75, 3.05) is 45.6 Å². The molecule has 4 aromatic rings. The number of rotatable bonds is 8. The average Bonchev–Trinajstić information content (AvgIpc) is 3.39. The number of nitrogens with one attached hydrogen (secondary N) is 2. The molecule has 0 radical (unpaired) electrons. The van der Waals surface area contributed by atoms with Gasteiger partial charge in [0.1, 0.15) is 11.6 Å². The number of nitrogen functional groups attached to an aromatic ring is 1. The highest BCUT2D eigenvalue weighted by Crippen LogP contribution is 2.34. The molecule has 1 atom stereocenters. The van der Waals surface area contributed by atoms with Crippen molar-refractivity contribution < 1.29 is 9.53 Å². The number of H-pyrrole nitrogens is 1. The van der Waals surface area contributed by atoms with Gasteiger partial charge in [-0.3, -0.25) is 14.5 Å². The van der Waals surface area contributed by atoms with Gasteiger partial charge >= 0.3 is 0 Å². The molecule has 10 nitrogen and oxygen atoms in total. The van der Waals surface area contributed by atoms with Crippen LogP contribution in [-0.4, -0.2) is 69.9 Å². The summed E-state index contributed by atoms with van der Waals surface area (Å²) in [7, 11) is 1.52. The monoisotopic (exact) mass is 557 g/mol. The van der Waals surface area contributed by atoms with Crippen molar-refractivity contribution in [3.05, 3.63) is 81.2 Å². The first-order chi connectivity index (χ1) is 19.7. The van der Waals surface area contributed by atoms with Gasteiger partial charge in [-0.25, -0.2) is 4.98 Å². The number of aryl methyl sites for hydroxylation is 1. The van der Waals surface area contributed by atoms with Crippen LogP contribution >= 0.6 is 0 Å². The maximum Gasteiger partial charge on any atom is 0.256 e. The number of hydrogen-bond donors (Lipinski definition) is 3. The number of ether oxygens (including phenoxy) is 1. The van der Waals surface area contributed by atoms with E-state index in [1.54, 1.807) is 25.3 Å². The van der Waals surface area contributed by atoms with Gasteiger partial charge in [-0.2, -0.15) is 0 Å². The molecule has 41 heavy (non-hydrogen) atoms. The highest BCUT2D eigenvalue weighted by Gasteiger charge is 2.27. The van der Waals surface area contributed by atoms with Gasteiger partial charge in [-0.15, -0.1) is 0 Å². The quantitative estimate of drug-likeness (QED) is 0.303. The van der Waals surface area contributed by atoms with Gasteiger partial charge in [-0.05, 0) is 63.2 Å². The summed E-state index contributed by atoms with van der Waals surface area (Å²) in [5.74, 6) is 0.651. The zero-order valence-corrected chi connectivity index (χ0v) is 24.5. The molecule has 1 saturated heterocycles. The van der Waals surface area contributed by atoms with Crippen LogP contribution in [0.15, 0.2) is 47.5 Å². The van der Waals surface area contributed by atoms with Crippen LogP contribution in [0.1, 0.15) is 52.8 Å². The van der Waals surface area contributed by atoms with Crippen molar-refractivity contribution in [2.24, 2.45) is 0 Å². The van der Waals surface area contributed by atoms with Crippen LogP contribution in [0.3, 0.4) is 0 Å². The molecule has 0 spiro atoms. The normalized spacial score (nSPS) is 15.2. The molecule has 1 unspecified atom stereocenters. The van der Waals surface area contributed by atoms with E-state index in [0.29, 0.717) is 28.4 Å². The van der Waals surface area contributed by atoms with E-state index in [0.717, 1.165) is 60.6 Å². The predicted octanol–water partition coefficient (Wildman–Crippen LogP) is 3.53. The number of methoxy groups -OCH3 is 1. The zero-order chi connectivity index (χ0) is 29.3. The predicted molar refractivity (Wildman–Crippen MR) is 161 cm³/mol. The number of hydrogen-bond acceptors (Lipinski definition) is 7. The molecular formula is C31H39N7O3. The minimum absolute atomic E-state index is 0.0435. The van der Waals surface area contributed by atoms with E-state index in [2.05, 4.69) is 55.6 Å². The Morgan fingerprint density at radius 2 is 1.93 bits per heavy atom. The smallest absolute Gasteiger partial charge is 0.256 e. The van der Waals surface area contributed by atoms with Crippen molar-refractivity contribution in [2.45, 2.75) is 40.3 Å². The molecule has 0 saturated carbocycles. The van der Waals surface area contributed by atoms with Gasteiger partial charge in [0.25, 0.3) is 11.5 Å². The second-order valence-corrected chi connectivity index (χ2v) is 10.7. The first kappa shape index (κ1) is 28.4. The van der Waals surface area contributed by atoms with Crippen LogP contribution in [0.25, 0.3) is 16.6 Å². The number of anilines is 1. The largest absolute Gasteiger partial charge is 0.496 e. The lowest BCUT2D eigenvalue weighted by molar-refractivity contribution is 0.0947. The molecule has 4 N–H and O–H groups in total. The highest BCUT2D eigenvalue weighted by atomic mass is 16.5. The maximum absolute atomic E-state index is 13.8. The van der Waals surface area contributed by atoms with Gasteiger partial charge in [0.2, 0.25) is 0 Å². The SMILES string of the molecule is CCN1CCN(C(C)c2c(C)c(C(=O)NCc3c(OC)cc(C)[nH]c3=O)cc3c(-c4ccc(N)nc4)ccn23)CC1. The Kier molecular flexibility index (Phi) is 8.14. The summed E-state index contributed by atoms with van der Waals surface area (Å²) in [4.78, 5) is 38.5. The maximum atomic E-state index is 13.8. The second kappa shape index (κ2) is 11.8. The summed E-state index contributed by atoms with van der Waals surface area (Å²) >= 11 is 0. The number of nitrogens with zero attached hydrogens (tertiary/aromatic N) is 4. The van der Waals surface area contributed by atoms with E-state index in [4.69, 9.17) is 10.5 Å². The van der Waals surface area contributed by atoms with Gasteiger partial charge in [-0.1, -0.05) is 6.92 Å². The second-order valence-electron chi connectivity index (χ2n) is 10.7. The van der Waals surface area contributed by atoms with Gasteiger partial charge in [0.05, 0.1) is 24.7 Å². The zero-order valence-electron chi connectivity index (χ0n) is 24.5. The van der Waals surface area contributed by atoms with E-state index < -0.39 is 0 Å². The molecule has 5 heterocycles. The summed E-state index contributed by atoms with van der Waals surface area (Å²) in [6.07, 6.45) is 3.83. The van der Waals surface area contributed by atoms with Crippen LogP contribution in [0.5, 0.6) is 5.75 Å². The summed E-state index contributed by atoms with van der Waals surface area (Å²) in [6, 6.07) is 9.55. The first-order valence-corrected chi connectivity index (χ1v) is 14.1. The number of likely N-dealkylation sites (N-methyl/N-ethyl adjacent to an activating group) is 1. The number of carbonyl (C=O) groups excluding carboxylic acids is 1. The van der Waals surface area contributed by atoms with Crippen molar-refractivity contribution in [1.29, 1.82) is 0 Å². The van der Waals surface area contributed by atoms with E-state index in [9.17, 15) is 9.59 Å².